The molecule has 0 aromatic heterocycles. The molecule has 3 unspecified atom stereocenters. The van der Waals surface area contributed by atoms with E-state index in [9.17, 15) is 0 Å². The molecule has 1 aliphatic rings. The van der Waals surface area contributed by atoms with Gasteiger partial charge in [-0.2, -0.15) is 0 Å². The fourth-order valence-electron chi connectivity index (χ4n) is 2.18. The summed E-state index contributed by atoms with van der Waals surface area (Å²) >= 11 is 0. The summed E-state index contributed by atoms with van der Waals surface area (Å²) < 4.78 is 5.41. The van der Waals surface area contributed by atoms with E-state index >= 15 is 0 Å². The Morgan fingerprint density at radius 1 is 1.53 bits per heavy atom. The molecule has 3 atom stereocenters. The van der Waals surface area contributed by atoms with Crippen LogP contribution in [-0.2, 0) is 4.74 Å². The van der Waals surface area contributed by atoms with Crippen LogP contribution >= 0.6 is 0 Å². The Kier molecular flexibility index (Phi) is 5.96. The van der Waals surface area contributed by atoms with Crippen LogP contribution in [0.5, 0.6) is 0 Å². The third-order valence-corrected chi connectivity index (χ3v) is 3.26. The van der Waals surface area contributed by atoms with E-state index in [0.29, 0.717) is 18.0 Å². The van der Waals surface area contributed by atoms with Gasteiger partial charge in [0.2, 0.25) is 0 Å². The summed E-state index contributed by atoms with van der Waals surface area (Å²) in [7, 11) is 0. The molecule has 1 rings (SSSR count). The number of unbranched alkanes of at least 4 members (excludes halogenated alkanes) is 1. The maximum absolute atomic E-state index is 5.41. The third kappa shape index (κ3) is 4.80. The zero-order valence-electron chi connectivity index (χ0n) is 10.2. The first-order chi connectivity index (χ1) is 7.24. The zero-order valence-corrected chi connectivity index (χ0v) is 10.2. The summed E-state index contributed by atoms with van der Waals surface area (Å²) in [6.45, 7) is 10.2. The van der Waals surface area contributed by atoms with Crippen LogP contribution in [0.3, 0.4) is 0 Å². The average molecular weight is 211 g/mol. The summed E-state index contributed by atoms with van der Waals surface area (Å²) in [6, 6.07) is 1.20. The van der Waals surface area contributed by atoms with Crippen LogP contribution in [-0.4, -0.2) is 25.3 Å². The molecule has 2 heteroatoms. The van der Waals surface area contributed by atoms with Gasteiger partial charge < -0.3 is 10.1 Å². The summed E-state index contributed by atoms with van der Waals surface area (Å²) in [5.41, 5.74) is 0. The molecule has 1 heterocycles. The molecule has 0 radical (unpaired) electrons. The highest BCUT2D eigenvalue weighted by Gasteiger charge is 2.22. The standard InChI is InChI=1S/C13H25NO/c1-4-5-6-7-11(2)14-12(3)13-8-9-15-10-13/h4,11-14H,1,5-10H2,2-3H3. The Labute approximate surface area is 94.1 Å². The van der Waals surface area contributed by atoms with Crippen molar-refractivity contribution in [3.63, 3.8) is 0 Å². The minimum atomic E-state index is 0.589. The predicted molar refractivity (Wildman–Crippen MR) is 65.0 cm³/mol. The van der Waals surface area contributed by atoms with Gasteiger partial charge in [-0.3, -0.25) is 0 Å². The molecule has 0 spiro atoms. The van der Waals surface area contributed by atoms with Crippen molar-refractivity contribution >= 4 is 0 Å². The molecule has 15 heavy (non-hydrogen) atoms. The van der Waals surface area contributed by atoms with Crippen LogP contribution in [0.15, 0.2) is 12.7 Å². The van der Waals surface area contributed by atoms with Gasteiger partial charge in [0.25, 0.3) is 0 Å². The summed E-state index contributed by atoms with van der Waals surface area (Å²) in [5.74, 6) is 0.715. The first kappa shape index (κ1) is 12.7. The number of ether oxygens (including phenoxy) is 1. The van der Waals surface area contributed by atoms with E-state index in [1.807, 2.05) is 6.08 Å². The topological polar surface area (TPSA) is 21.3 Å². The van der Waals surface area contributed by atoms with E-state index in [1.54, 1.807) is 0 Å². The van der Waals surface area contributed by atoms with Crippen molar-refractivity contribution in [1.82, 2.24) is 5.32 Å². The highest BCUT2D eigenvalue weighted by Crippen LogP contribution is 2.17. The second-order valence-electron chi connectivity index (χ2n) is 4.70. The SMILES string of the molecule is C=CCCCC(C)NC(C)C1CCOC1. The number of hydrogen-bond acceptors (Lipinski definition) is 2. The highest BCUT2D eigenvalue weighted by atomic mass is 16.5. The van der Waals surface area contributed by atoms with Crippen molar-refractivity contribution in [1.29, 1.82) is 0 Å². The predicted octanol–water partition coefficient (Wildman–Crippen LogP) is 2.75. The molecule has 0 bridgehead atoms. The van der Waals surface area contributed by atoms with E-state index in [1.165, 1.54) is 19.3 Å². The highest BCUT2D eigenvalue weighted by molar-refractivity contribution is 4.78. The Bertz CT molecular complexity index is 175. The first-order valence-corrected chi connectivity index (χ1v) is 6.18. The van der Waals surface area contributed by atoms with Crippen molar-refractivity contribution in [2.24, 2.45) is 5.92 Å². The van der Waals surface area contributed by atoms with Crippen LogP contribution in [0.4, 0.5) is 0 Å². The van der Waals surface area contributed by atoms with Crippen LogP contribution in [0.25, 0.3) is 0 Å². The number of rotatable bonds is 7. The molecule has 0 aliphatic carbocycles. The molecule has 0 aromatic rings. The van der Waals surface area contributed by atoms with Crippen molar-refractivity contribution in [3.8, 4) is 0 Å². The molecule has 2 nitrogen and oxygen atoms in total. The summed E-state index contributed by atoms with van der Waals surface area (Å²) in [4.78, 5) is 0. The normalized spacial score (nSPS) is 25.1. The van der Waals surface area contributed by atoms with Gasteiger partial charge in [0.05, 0.1) is 6.61 Å². The van der Waals surface area contributed by atoms with Crippen molar-refractivity contribution in [2.45, 2.75) is 51.6 Å². The number of allylic oxidation sites excluding steroid dienone is 1. The molecule has 0 amide bonds. The summed E-state index contributed by atoms with van der Waals surface area (Å²) in [6.07, 6.45) is 6.83. The largest absolute Gasteiger partial charge is 0.381 e. The van der Waals surface area contributed by atoms with E-state index in [4.69, 9.17) is 4.74 Å². The van der Waals surface area contributed by atoms with E-state index in [-0.39, 0.29) is 0 Å². The lowest BCUT2D eigenvalue weighted by atomic mass is 9.99. The second kappa shape index (κ2) is 7.02. The smallest absolute Gasteiger partial charge is 0.0509 e. The fourth-order valence-corrected chi connectivity index (χ4v) is 2.18. The Morgan fingerprint density at radius 3 is 2.93 bits per heavy atom. The molecule has 1 fully saturated rings. The van der Waals surface area contributed by atoms with Crippen molar-refractivity contribution < 1.29 is 4.74 Å². The first-order valence-electron chi connectivity index (χ1n) is 6.18. The van der Waals surface area contributed by atoms with Crippen LogP contribution < -0.4 is 5.32 Å². The lowest BCUT2D eigenvalue weighted by Gasteiger charge is -2.23. The third-order valence-electron chi connectivity index (χ3n) is 3.26. The van der Waals surface area contributed by atoms with Gasteiger partial charge in [-0.05, 0) is 45.4 Å². The molecule has 1 N–H and O–H groups in total. The number of nitrogens with one attached hydrogen (secondary N) is 1. The van der Waals surface area contributed by atoms with E-state index in [0.717, 1.165) is 19.6 Å². The monoisotopic (exact) mass is 211 g/mol. The maximum Gasteiger partial charge on any atom is 0.0509 e. The molecule has 1 saturated heterocycles. The summed E-state index contributed by atoms with van der Waals surface area (Å²) in [5, 5.41) is 3.67. The fraction of sp³-hybridized carbons (Fsp3) is 0.846. The van der Waals surface area contributed by atoms with Gasteiger partial charge in [-0.1, -0.05) is 6.08 Å². The molecular weight excluding hydrogens is 186 g/mol. The Morgan fingerprint density at radius 2 is 2.33 bits per heavy atom. The molecule has 88 valence electrons. The lowest BCUT2D eigenvalue weighted by Crippen LogP contribution is -2.39. The minimum Gasteiger partial charge on any atom is -0.381 e. The average Bonchev–Trinajstić information content (AvgIpc) is 2.70. The van der Waals surface area contributed by atoms with Crippen molar-refractivity contribution in [2.75, 3.05) is 13.2 Å². The van der Waals surface area contributed by atoms with Gasteiger partial charge in [-0.15, -0.1) is 6.58 Å². The molecule has 0 saturated carbocycles. The van der Waals surface area contributed by atoms with Gasteiger partial charge in [0, 0.05) is 18.7 Å². The second-order valence-corrected chi connectivity index (χ2v) is 4.70. The Hall–Kier alpha value is -0.340. The van der Waals surface area contributed by atoms with Gasteiger partial charge >= 0.3 is 0 Å². The van der Waals surface area contributed by atoms with E-state index < -0.39 is 0 Å². The van der Waals surface area contributed by atoms with Crippen molar-refractivity contribution in [3.05, 3.63) is 12.7 Å². The quantitative estimate of drug-likeness (QED) is 0.516. The van der Waals surface area contributed by atoms with Gasteiger partial charge in [-0.25, -0.2) is 0 Å². The maximum atomic E-state index is 5.41. The van der Waals surface area contributed by atoms with Crippen LogP contribution in [0.1, 0.15) is 39.5 Å². The Balaban J connectivity index is 2.12. The van der Waals surface area contributed by atoms with Crippen LogP contribution in [0, 0.1) is 5.92 Å². The molecule has 0 aromatic carbocycles. The van der Waals surface area contributed by atoms with Gasteiger partial charge in [0.15, 0.2) is 0 Å². The van der Waals surface area contributed by atoms with Crippen LogP contribution in [0.2, 0.25) is 0 Å². The van der Waals surface area contributed by atoms with Gasteiger partial charge in [0.1, 0.15) is 0 Å². The van der Waals surface area contributed by atoms with E-state index in [2.05, 4.69) is 25.7 Å². The minimum absolute atomic E-state index is 0.589. The molecule has 1 aliphatic heterocycles. The lowest BCUT2D eigenvalue weighted by molar-refractivity contribution is 0.176. The number of hydrogen-bond donors (Lipinski definition) is 1. The molecular formula is C13H25NO. The zero-order chi connectivity index (χ0) is 11.1.